The average molecular weight is 358 g/mol. The lowest BCUT2D eigenvalue weighted by molar-refractivity contribution is 0.250. The molecule has 1 N–H and O–H groups in total. The van der Waals surface area contributed by atoms with Crippen molar-refractivity contribution < 1.29 is 0 Å². The van der Waals surface area contributed by atoms with Crippen molar-refractivity contribution in [2.75, 3.05) is 36.4 Å². The third-order valence-electron chi connectivity index (χ3n) is 5.19. The van der Waals surface area contributed by atoms with Crippen LogP contribution in [0.2, 0.25) is 0 Å². The number of piperazine rings is 1. The highest BCUT2D eigenvalue weighted by Gasteiger charge is 2.17. The summed E-state index contributed by atoms with van der Waals surface area (Å²) in [6.45, 7) is 6.32. The maximum absolute atomic E-state index is 3.50. The second kappa shape index (κ2) is 8.74. The summed E-state index contributed by atoms with van der Waals surface area (Å²) in [6.07, 6.45) is 0. The molecule has 4 rings (SSSR count). The second-order valence-electron chi connectivity index (χ2n) is 7.13. The summed E-state index contributed by atoms with van der Waals surface area (Å²) in [7, 11) is 0. The monoisotopic (exact) mass is 357 g/mol. The highest BCUT2D eigenvalue weighted by atomic mass is 15.3. The van der Waals surface area contributed by atoms with Gasteiger partial charge >= 0.3 is 0 Å². The molecule has 3 nitrogen and oxygen atoms in total. The summed E-state index contributed by atoms with van der Waals surface area (Å²) in [4.78, 5) is 5.03. The summed E-state index contributed by atoms with van der Waals surface area (Å²) in [5, 5.41) is 3.50. The van der Waals surface area contributed by atoms with Crippen LogP contribution in [0.5, 0.6) is 0 Å². The minimum Gasteiger partial charge on any atom is -0.381 e. The first-order chi connectivity index (χ1) is 13.4. The Balaban J connectivity index is 1.25. The zero-order valence-electron chi connectivity index (χ0n) is 15.7. The van der Waals surface area contributed by atoms with Crippen LogP contribution in [0.15, 0.2) is 84.9 Å². The van der Waals surface area contributed by atoms with Gasteiger partial charge in [0.2, 0.25) is 0 Å². The summed E-state index contributed by atoms with van der Waals surface area (Å²) in [5.74, 6) is 0. The van der Waals surface area contributed by atoms with Gasteiger partial charge in [0, 0.05) is 50.6 Å². The standard InChI is InChI=1S/C24H27N3/c1-3-7-21(8-4-1)19-25-23-13-11-22(12-14-23)20-26-15-17-27(18-16-26)24-9-5-2-6-10-24/h1-14,25H,15-20H2. The second-order valence-corrected chi connectivity index (χ2v) is 7.13. The Morgan fingerprint density at radius 1 is 0.630 bits per heavy atom. The predicted octanol–water partition coefficient (Wildman–Crippen LogP) is 4.62. The molecular formula is C24H27N3. The first kappa shape index (κ1) is 17.6. The van der Waals surface area contributed by atoms with Crippen molar-refractivity contribution in [3.05, 3.63) is 96.1 Å². The normalized spacial score (nSPS) is 14.9. The molecule has 138 valence electrons. The van der Waals surface area contributed by atoms with E-state index in [0.717, 1.165) is 39.3 Å². The van der Waals surface area contributed by atoms with Gasteiger partial charge in [-0.1, -0.05) is 60.7 Å². The summed E-state index contributed by atoms with van der Waals surface area (Å²) < 4.78 is 0. The lowest BCUT2D eigenvalue weighted by Crippen LogP contribution is -2.45. The molecule has 1 fully saturated rings. The molecule has 0 saturated carbocycles. The van der Waals surface area contributed by atoms with Crippen molar-refractivity contribution >= 4 is 11.4 Å². The predicted molar refractivity (Wildman–Crippen MR) is 114 cm³/mol. The largest absolute Gasteiger partial charge is 0.381 e. The molecule has 27 heavy (non-hydrogen) atoms. The number of rotatable bonds is 6. The summed E-state index contributed by atoms with van der Waals surface area (Å²) in [5.41, 5.74) is 5.20. The highest BCUT2D eigenvalue weighted by Crippen LogP contribution is 2.18. The van der Waals surface area contributed by atoms with Gasteiger partial charge in [-0.3, -0.25) is 4.90 Å². The molecule has 0 aromatic heterocycles. The van der Waals surface area contributed by atoms with Gasteiger partial charge in [-0.25, -0.2) is 0 Å². The Morgan fingerprint density at radius 3 is 1.93 bits per heavy atom. The van der Waals surface area contributed by atoms with E-state index in [0.29, 0.717) is 0 Å². The average Bonchev–Trinajstić information content (AvgIpc) is 2.75. The Hall–Kier alpha value is -2.78. The number of hydrogen-bond donors (Lipinski definition) is 1. The molecule has 0 amide bonds. The molecule has 0 aliphatic carbocycles. The minimum absolute atomic E-state index is 0.863. The van der Waals surface area contributed by atoms with Crippen molar-refractivity contribution in [3.63, 3.8) is 0 Å². The van der Waals surface area contributed by atoms with Crippen molar-refractivity contribution in [3.8, 4) is 0 Å². The fourth-order valence-corrected chi connectivity index (χ4v) is 3.59. The van der Waals surface area contributed by atoms with Crippen LogP contribution in [0.1, 0.15) is 11.1 Å². The molecule has 3 aromatic rings. The topological polar surface area (TPSA) is 18.5 Å². The van der Waals surface area contributed by atoms with Gasteiger partial charge in [-0.15, -0.1) is 0 Å². The van der Waals surface area contributed by atoms with E-state index in [1.54, 1.807) is 0 Å². The highest BCUT2D eigenvalue weighted by molar-refractivity contribution is 5.47. The van der Waals surface area contributed by atoms with Gasteiger partial charge < -0.3 is 10.2 Å². The van der Waals surface area contributed by atoms with Gasteiger partial charge in [0.1, 0.15) is 0 Å². The lowest BCUT2D eigenvalue weighted by atomic mass is 10.1. The van der Waals surface area contributed by atoms with Crippen LogP contribution in [0, 0.1) is 0 Å². The molecule has 0 bridgehead atoms. The van der Waals surface area contributed by atoms with Crippen LogP contribution in [0.3, 0.4) is 0 Å². The summed E-state index contributed by atoms with van der Waals surface area (Å²) in [6, 6.07) is 30.1. The fourth-order valence-electron chi connectivity index (χ4n) is 3.59. The molecule has 0 unspecified atom stereocenters. The van der Waals surface area contributed by atoms with Gasteiger partial charge in [-0.2, -0.15) is 0 Å². The van der Waals surface area contributed by atoms with E-state index < -0.39 is 0 Å². The molecule has 0 radical (unpaired) electrons. The molecule has 0 atom stereocenters. The van der Waals surface area contributed by atoms with Crippen LogP contribution in [0.25, 0.3) is 0 Å². The molecule has 0 spiro atoms. The van der Waals surface area contributed by atoms with Crippen LogP contribution < -0.4 is 10.2 Å². The number of nitrogens with one attached hydrogen (secondary N) is 1. The van der Waals surface area contributed by atoms with Crippen molar-refractivity contribution in [2.45, 2.75) is 13.1 Å². The molecule has 1 heterocycles. The SMILES string of the molecule is c1ccc(CNc2ccc(CN3CCN(c4ccccc4)CC3)cc2)cc1. The van der Waals surface area contributed by atoms with E-state index in [9.17, 15) is 0 Å². The van der Waals surface area contributed by atoms with Crippen LogP contribution in [0.4, 0.5) is 11.4 Å². The molecule has 1 aliphatic heterocycles. The van der Waals surface area contributed by atoms with Crippen LogP contribution in [-0.4, -0.2) is 31.1 Å². The van der Waals surface area contributed by atoms with Crippen LogP contribution >= 0.6 is 0 Å². The van der Waals surface area contributed by atoms with Crippen molar-refractivity contribution in [1.29, 1.82) is 0 Å². The Labute approximate surface area is 162 Å². The van der Waals surface area contributed by atoms with Crippen LogP contribution in [-0.2, 0) is 13.1 Å². The Kier molecular flexibility index (Phi) is 5.70. The van der Waals surface area contributed by atoms with E-state index in [4.69, 9.17) is 0 Å². The Morgan fingerprint density at radius 2 is 1.26 bits per heavy atom. The third kappa shape index (κ3) is 4.89. The Bertz CT molecular complexity index is 807. The maximum atomic E-state index is 3.50. The van der Waals surface area contributed by atoms with E-state index in [1.165, 1.54) is 22.5 Å². The summed E-state index contributed by atoms with van der Waals surface area (Å²) >= 11 is 0. The molecule has 1 aliphatic rings. The molecular weight excluding hydrogens is 330 g/mol. The van der Waals surface area contributed by atoms with E-state index in [-0.39, 0.29) is 0 Å². The van der Waals surface area contributed by atoms with Gasteiger partial charge in [-0.05, 0) is 35.4 Å². The molecule has 1 saturated heterocycles. The quantitative estimate of drug-likeness (QED) is 0.694. The number of para-hydroxylation sites is 1. The first-order valence-electron chi connectivity index (χ1n) is 9.76. The number of nitrogens with zero attached hydrogens (tertiary/aromatic N) is 2. The zero-order valence-corrected chi connectivity index (χ0v) is 15.7. The smallest absolute Gasteiger partial charge is 0.0400 e. The third-order valence-corrected chi connectivity index (χ3v) is 5.19. The number of hydrogen-bond acceptors (Lipinski definition) is 3. The first-order valence-corrected chi connectivity index (χ1v) is 9.76. The fraction of sp³-hybridized carbons (Fsp3) is 0.250. The van der Waals surface area contributed by atoms with Gasteiger partial charge in [0.25, 0.3) is 0 Å². The zero-order chi connectivity index (χ0) is 18.3. The van der Waals surface area contributed by atoms with Gasteiger partial charge in [0.05, 0.1) is 0 Å². The van der Waals surface area contributed by atoms with Crippen molar-refractivity contribution in [2.24, 2.45) is 0 Å². The maximum Gasteiger partial charge on any atom is 0.0400 e. The van der Waals surface area contributed by atoms with Crippen molar-refractivity contribution in [1.82, 2.24) is 4.90 Å². The lowest BCUT2D eigenvalue weighted by Gasteiger charge is -2.36. The van der Waals surface area contributed by atoms with Gasteiger partial charge in [0.15, 0.2) is 0 Å². The molecule has 3 aromatic carbocycles. The van der Waals surface area contributed by atoms with E-state index >= 15 is 0 Å². The van der Waals surface area contributed by atoms with E-state index in [1.807, 2.05) is 0 Å². The number of anilines is 2. The minimum atomic E-state index is 0.863. The number of benzene rings is 3. The molecule has 3 heteroatoms. The van der Waals surface area contributed by atoms with E-state index in [2.05, 4.69) is 100 Å².